The van der Waals surface area contributed by atoms with E-state index in [1.54, 1.807) is 0 Å². The van der Waals surface area contributed by atoms with Crippen molar-refractivity contribution in [1.29, 1.82) is 0 Å². The first-order valence-corrected chi connectivity index (χ1v) is 8.36. The van der Waals surface area contributed by atoms with Crippen LogP contribution in [0.25, 0.3) is 0 Å². The molecule has 0 aliphatic carbocycles. The van der Waals surface area contributed by atoms with Crippen LogP contribution in [0.1, 0.15) is 67.6 Å². The Hall–Kier alpha value is -2.28. The van der Waals surface area contributed by atoms with Gasteiger partial charge in [0.05, 0.1) is 33.9 Å². The molecule has 0 aromatic rings. The van der Waals surface area contributed by atoms with Gasteiger partial charge in [-0.1, -0.05) is 0 Å². The van der Waals surface area contributed by atoms with Gasteiger partial charge in [0.2, 0.25) is 0 Å². The van der Waals surface area contributed by atoms with Crippen molar-refractivity contribution in [3.8, 4) is 0 Å². The molecule has 0 saturated heterocycles. The molecule has 192 valence electrons. The van der Waals surface area contributed by atoms with Crippen molar-refractivity contribution in [2.45, 2.75) is 51.2 Å². The second-order valence-corrected chi connectivity index (χ2v) is 4.33. The highest BCUT2D eigenvalue weighted by Gasteiger charge is 1.97. The molecule has 0 aliphatic heterocycles. The number of methoxy groups -OCH3 is 4. The zero-order chi connectivity index (χ0) is 36.3. The second kappa shape index (κ2) is 33.4. The maximum Gasteiger partial charge on any atom is 0.305 e. The highest BCUT2D eigenvalue weighted by Crippen LogP contribution is 1.89. The maximum absolute atomic E-state index is 10.8. The molecule has 4 N–H and O–H groups in total. The van der Waals surface area contributed by atoms with Crippen molar-refractivity contribution in [1.82, 2.24) is 0 Å². The number of rotatable bonds is 12. The Morgan fingerprint density at radius 1 is 0.562 bits per heavy atom. The number of aliphatic hydroxyl groups excluding tert-OH is 4. The SMILES string of the molecule is [2H][C@@H](O)C([2H])([2H])C([2H])([2H])C(=O)OC.[2H][C@@H](O)C([2H])([2H])CC(=O)OC.[2H][C@@H](O)CC([2H])([2H])C(=O)OC.[2H][C@@H](O)CCC(=O)OC. The number of hydrogen-bond donors (Lipinski definition) is 4. The minimum absolute atomic E-state index is 0.112. The number of aliphatic hydroxyl groups is 4. The molecule has 0 radical (unpaired) electrons. The van der Waals surface area contributed by atoms with Crippen molar-refractivity contribution < 1.29 is 75.0 Å². The minimum Gasteiger partial charge on any atom is -0.469 e. The van der Waals surface area contributed by atoms with E-state index in [0.29, 0.717) is 0 Å². The lowest BCUT2D eigenvalue weighted by atomic mass is 10.3. The maximum atomic E-state index is 10.8. The first-order chi connectivity index (χ1) is 19.6. The topological polar surface area (TPSA) is 186 Å². The van der Waals surface area contributed by atoms with Crippen molar-refractivity contribution in [2.75, 3.05) is 54.8 Å². The van der Waals surface area contributed by atoms with Gasteiger partial charge in [-0.3, -0.25) is 19.2 Å². The Kier molecular flexibility index (Phi) is 18.0. The van der Waals surface area contributed by atoms with Crippen LogP contribution in [-0.2, 0) is 38.1 Å². The fourth-order valence-corrected chi connectivity index (χ4v) is 0.829. The van der Waals surface area contributed by atoms with Crippen molar-refractivity contribution in [3.63, 3.8) is 0 Å². The van der Waals surface area contributed by atoms with Crippen LogP contribution in [-0.4, -0.2) is 99.1 Å². The molecule has 4 atom stereocenters. The van der Waals surface area contributed by atoms with Gasteiger partial charge in [-0.05, 0) is 25.6 Å². The summed E-state index contributed by atoms with van der Waals surface area (Å²) in [7, 11) is 4.34. The fraction of sp³-hybridized carbons (Fsp3) is 0.800. The van der Waals surface area contributed by atoms with Crippen LogP contribution in [0.5, 0.6) is 0 Å². The summed E-state index contributed by atoms with van der Waals surface area (Å²) in [5.41, 5.74) is 0. The van der Waals surface area contributed by atoms with Crippen molar-refractivity contribution in [2.24, 2.45) is 0 Å². The molecule has 0 fully saturated rings. The molecule has 0 heterocycles. The van der Waals surface area contributed by atoms with E-state index >= 15 is 0 Å². The zero-order valence-electron chi connectivity index (χ0n) is 30.2. The van der Waals surface area contributed by atoms with E-state index in [1.165, 1.54) is 7.11 Å². The summed E-state index contributed by atoms with van der Waals surface area (Å²) in [4.78, 5) is 42.1. The molecule has 0 aromatic carbocycles. The van der Waals surface area contributed by atoms with Crippen molar-refractivity contribution >= 4 is 23.9 Å². The van der Waals surface area contributed by atoms with Crippen LogP contribution in [0, 0.1) is 0 Å². The van der Waals surface area contributed by atoms with Crippen LogP contribution >= 0.6 is 0 Å². The average Bonchev–Trinajstić information content (AvgIpc) is 2.90. The largest absolute Gasteiger partial charge is 0.469 e. The number of carbonyl (C=O) groups is 4. The molecule has 0 rings (SSSR count). The lowest BCUT2D eigenvalue weighted by molar-refractivity contribution is -0.141. The normalized spacial score (nSPS) is 20.0. The van der Waals surface area contributed by atoms with E-state index in [-0.39, 0.29) is 18.8 Å². The highest BCUT2D eigenvalue weighted by atomic mass is 16.5. The van der Waals surface area contributed by atoms with Gasteiger partial charge in [-0.25, -0.2) is 0 Å². The van der Waals surface area contributed by atoms with E-state index < -0.39 is 82.6 Å². The van der Waals surface area contributed by atoms with E-state index in [9.17, 15) is 19.2 Å². The first-order valence-electron chi connectivity index (χ1n) is 14.7. The summed E-state index contributed by atoms with van der Waals surface area (Å²) in [6.45, 7) is -7.02. The van der Waals surface area contributed by atoms with E-state index in [4.69, 9.17) is 36.9 Å². The van der Waals surface area contributed by atoms with Gasteiger partial charge in [-0.2, -0.15) is 0 Å². The summed E-state index contributed by atoms with van der Waals surface area (Å²) < 4.78 is 98.8. The van der Waals surface area contributed by atoms with Gasteiger partial charge in [0.15, 0.2) is 0 Å². The predicted molar refractivity (Wildman–Crippen MR) is 113 cm³/mol. The molecule has 0 bridgehead atoms. The minimum atomic E-state index is -3.04. The third-order valence-electron chi connectivity index (χ3n) is 2.22. The Morgan fingerprint density at radius 2 is 0.969 bits per heavy atom. The standard InChI is InChI=1S/4C5H10O3/c4*1-8-5(7)3-2-4-6/h4*6H,2-4H2,1H3/i2D2,3D2,4D;3D2,4D;2D2,4D;4D/t4*4-/m1111/s1. The van der Waals surface area contributed by atoms with Gasteiger partial charge in [0, 0.05) is 62.9 Å². The number of carbonyl (C=O) groups excluding carboxylic acids is 4. The second-order valence-electron chi connectivity index (χ2n) is 4.33. The van der Waals surface area contributed by atoms with E-state index in [0.717, 1.165) is 21.3 Å². The Balaban J connectivity index is -0.000000244. The van der Waals surface area contributed by atoms with Crippen LogP contribution in [0.4, 0.5) is 0 Å². The molecule has 0 aliphatic rings. The lowest BCUT2D eigenvalue weighted by Gasteiger charge is -1.93. The zero-order valence-corrected chi connectivity index (χ0v) is 18.2. The molecule has 0 unspecified atom stereocenters. The fourth-order valence-electron chi connectivity index (χ4n) is 0.829. The molecule has 0 aromatic heterocycles. The molecule has 32 heavy (non-hydrogen) atoms. The summed E-state index contributed by atoms with van der Waals surface area (Å²) >= 11 is 0. The van der Waals surface area contributed by atoms with Gasteiger partial charge < -0.3 is 39.4 Å². The van der Waals surface area contributed by atoms with Gasteiger partial charge in [-0.15, -0.1) is 0 Å². The average molecular weight is 485 g/mol. The van der Waals surface area contributed by atoms with Gasteiger partial charge in [0.1, 0.15) is 0 Å². The van der Waals surface area contributed by atoms with Crippen molar-refractivity contribution in [3.05, 3.63) is 0 Å². The summed E-state index contributed by atoms with van der Waals surface area (Å²) in [5.74, 6) is -3.68. The van der Waals surface area contributed by atoms with Gasteiger partial charge >= 0.3 is 23.9 Å². The Labute approximate surface area is 206 Å². The summed E-state index contributed by atoms with van der Waals surface area (Å²) in [5, 5.41) is 33.9. The molecular weight excluding hydrogens is 432 g/mol. The Morgan fingerprint density at radius 3 is 1.34 bits per heavy atom. The number of esters is 4. The molecular formula is C20H40O12. The summed E-state index contributed by atoms with van der Waals surface area (Å²) in [6, 6.07) is 0. The predicted octanol–water partition coefficient (Wildman–Crippen LogP) is -0.272. The quantitative estimate of drug-likeness (QED) is 0.210. The molecule has 0 amide bonds. The molecule has 12 heteroatoms. The van der Waals surface area contributed by atoms with Crippen LogP contribution in [0.15, 0.2) is 0 Å². The molecule has 0 spiro atoms. The van der Waals surface area contributed by atoms with Gasteiger partial charge in [0.25, 0.3) is 0 Å². The van der Waals surface area contributed by atoms with E-state index in [2.05, 4.69) is 18.9 Å². The third-order valence-corrected chi connectivity index (χ3v) is 2.22. The lowest BCUT2D eigenvalue weighted by Crippen LogP contribution is -2.00. The first kappa shape index (κ1) is 17.2. The molecule has 0 saturated carbocycles. The smallest absolute Gasteiger partial charge is 0.305 e. The molecule has 12 nitrogen and oxygen atoms in total. The highest BCUT2D eigenvalue weighted by molar-refractivity contribution is 5.69. The van der Waals surface area contributed by atoms with Crippen LogP contribution < -0.4 is 0 Å². The monoisotopic (exact) mass is 484 g/mol. The number of ether oxygens (including phenoxy) is 4. The summed E-state index contributed by atoms with van der Waals surface area (Å²) in [6.07, 6.45) is -11.5. The van der Waals surface area contributed by atoms with Crippen LogP contribution in [0.2, 0.25) is 0 Å². The van der Waals surface area contributed by atoms with E-state index in [1.807, 2.05) is 0 Å². The Bertz CT molecular complexity index is 856. The van der Waals surface area contributed by atoms with Crippen LogP contribution in [0.3, 0.4) is 0 Å². The number of hydrogen-bond acceptors (Lipinski definition) is 12. The third kappa shape index (κ3) is 42.0.